The number of nitrogens with one attached hydrogen (secondary N) is 2. The molecule has 0 fully saturated rings. The maximum atomic E-state index is 11.3. The zero-order valence-corrected chi connectivity index (χ0v) is 9.69. The summed E-state index contributed by atoms with van der Waals surface area (Å²) in [5, 5.41) is 22.6. The van der Waals surface area contributed by atoms with Crippen LogP contribution >= 0.6 is 0 Å². The molecule has 16 heavy (non-hydrogen) atoms. The lowest BCUT2D eigenvalue weighted by molar-refractivity contribution is -0.142. The standard InChI is InChI=1S/C10H20N2O4/c1-3-7(2)11-6-9(14)12-8(4-5-13)10(15)16/h7-8,11,13H,3-6H2,1-2H3,(H,12,14)(H,15,16). The number of carbonyl (C=O) groups excluding carboxylic acids is 1. The van der Waals surface area contributed by atoms with Gasteiger partial charge >= 0.3 is 5.97 Å². The Morgan fingerprint density at radius 3 is 2.44 bits per heavy atom. The third-order valence-electron chi connectivity index (χ3n) is 2.27. The number of amides is 1. The van der Waals surface area contributed by atoms with E-state index in [9.17, 15) is 9.59 Å². The summed E-state index contributed by atoms with van der Waals surface area (Å²) >= 11 is 0. The molecule has 0 aliphatic carbocycles. The Hall–Kier alpha value is -1.14. The number of aliphatic carboxylic acids is 1. The van der Waals surface area contributed by atoms with E-state index >= 15 is 0 Å². The van der Waals surface area contributed by atoms with Crippen LogP contribution in [0.1, 0.15) is 26.7 Å². The van der Waals surface area contributed by atoms with Crippen molar-refractivity contribution in [2.45, 2.75) is 38.8 Å². The van der Waals surface area contributed by atoms with Crippen LogP contribution in [0.15, 0.2) is 0 Å². The molecule has 0 aromatic heterocycles. The average Bonchev–Trinajstić information content (AvgIpc) is 2.25. The maximum absolute atomic E-state index is 11.3. The predicted molar refractivity (Wildman–Crippen MR) is 59.0 cm³/mol. The van der Waals surface area contributed by atoms with Crippen molar-refractivity contribution in [1.29, 1.82) is 0 Å². The highest BCUT2D eigenvalue weighted by Crippen LogP contribution is 1.91. The number of carbonyl (C=O) groups is 2. The van der Waals surface area contributed by atoms with Crippen molar-refractivity contribution < 1.29 is 19.8 Å². The van der Waals surface area contributed by atoms with Gasteiger partial charge in [-0.15, -0.1) is 0 Å². The summed E-state index contributed by atoms with van der Waals surface area (Å²) in [6.07, 6.45) is 0.913. The van der Waals surface area contributed by atoms with Gasteiger partial charge < -0.3 is 20.8 Å². The molecule has 2 atom stereocenters. The van der Waals surface area contributed by atoms with Gasteiger partial charge in [0, 0.05) is 19.1 Å². The van der Waals surface area contributed by atoms with E-state index in [1.54, 1.807) is 0 Å². The monoisotopic (exact) mass is 232 g/mol. The quantitative estimate of drug-likeness (QED) is 0.445. The Morgan fingerprint density at radius 1 is 1.38 bits per heavy atom. The Bertz CT molecular complexity index is 233. The lowest BCUT2D eigenvalue weighted by Gasteiger charge is -2.15. The molecular weight excluding hydrogens is 212 g/mol. The zero-order chi connectivity index (χ0) is 12.6. The van der Waals surface area contributed by atoms with Crippen molar-refractivity contribution >= 4 is 11.9 Å². The van der Waals surface area contributed by atoms with E-state index in [4.69, 9.17) is 10.2 Å². The topological polar surface area (TPSA) is 98.7 Å². The van der Waals surface area contributed by atoms with Gasteiger partial charge in [-0.05, 0) is 13.3 Å². The second kappa shape index (κ2) is 8.06. The lowest BCUT2D eigenvalue weighted by atomic mass is 10.2. The summed E-state index contributed by atoms with van der Waals surface area (Å²) in [6.45, 7) is 3.75. The fraction of sp³-hybridized carbons (Fsp3) is 0.800. The van der Waals surface area contributed by atoms with Crippen LogP contribution < -0.4 is 10.6 Å². The number of rotatable bonds is 8. The van der Waals surface area contributed by atoms with Crippen molar-refractivity contribution in [2.24, 2.45) is 0 Å². The second-order valence-electron chi connectivity index (χ2n) is 3.66. The van der Waals surface area contributed by atoms with Gasteiger partial charge in [0.1, 0.15) is 6.04 Å². The first-order valence-corrected chi connectivity index (χ1v) is 5.37. The number of aliphatic hydroxyl groups excluding tert-OH is 1. The van der Waals surface area contributed by atoms with E-state index in [2.05, 4.69) is 10.6 Å². The molecule has 94 valence electrons. The van der Waals surface area contributed by atoms with E-state index in [1.807, 2.05) is 13.8 Å². The fourth-order valence-corrected chi connectivity index (χ4v) is 1.04. The van der Waals surface area contributed by atoms with Crippen molar-refractivity contribution in [1.82, 2.24) is 10.6 Å². The van der Waals surface area contributed by atoms with Crippen LogP contribution in [0, 0.1) is 0 Å². The molecule has 0 bridgehead atoms. The van der Waals surface area contributed by atoms with Gasteiger partial charge in [0.15, 0.2) is 0 Å². The Labute approximate surface area is 95.0 Å². The highest BCUT2D eigenvalue weighted by Gasteiger charge is 2.18. The first kappa shape index (κ1) is 14.9. The summed E-state index contributed by atoms with van der Waals surface area (Å²) in [7, 11) is 0. The zero-order valence-electron chi connectivity index (χ0n) is 9.69. The predicted octanol–water partition coefficient (Wildman–Crippen LogP) is -0.674. The smallest absolute Gasteiger partial charge is 0.326 e. The fourth-order valence-electron chi connectivity index (χ4n) is 1.04. The SMILES string of the molecule is CCC(C)NCC(=O)NC(CCO)C(=O)O. The molecule has 0 spiro atoms. The lowest BCUT2D eigenvalue weighted by Crippen LogP contribution is -2.46. The second-order valence-corrected chi connectivity index (χ2v) is 3.66. The van der Waals surface area contributed by atoms with Gasteiger partial charge in [-0.25, -0.2) is 4.79 Å². The maximum Gasteiger partial charge on any atom is 0.326 e. The Balaban J connectivity index is 3.95. The highest BCUT2D eigenvalue weighted by molar-refractivity contribution is 5.84. The minimum absolute atomic E-state index is 0.0183. The molecule has 0 saturated heterocycles. The normalized spacial score (nSPS) is 14.2. The van der Waals surface area contributed by atoms with E-state index in [1.165, 1.54) is 0 Å². The molecule has 0 aromatic rings. The molecule has 4 N–H and O–H groups in total. The molecule has 0 rings (SSSR count). The molecule has 0 saturated carbocycles. The van der Waals surface area contributed by atoms with Gasteiger partial charge in [0.2, 0.25) is 5.91 Å². The minimum atomic E-state index is -1.13. The van der Waals surface area contributed by atoms with E-state index < -0.39 is 12.0 Å². The Kier molecular flexibility index (Phi) is 7.49. The van der Waals surface area contributed by atoms with Crippen LogP contribution in [0.4, 0.5) is 0 Å². The molecule has 0 radical (unpaired) electrons. The van der Waals surface area contributed by atoms with Crippen LogP contribution in [0.25, 0.3) is 0 Å². The third kappa shape index (κ3) is 6.36. The molecule has 1 amide bonds. The number of carboxylic acid groups (broad SMARTS) is 1. The Morgan fingerprint density at radius 2 is 2.00 bits per heavy atom. The summed E-state index contributed by atoms with van der Waals surface area (Å²) in [4.78, 5) is 22.0. The van der Waals surface area contributed by atoms with Crippen molar-refractivity contribution in [3.63, 3.8) is 0 Å². The first-order chi connectivity index (χ1) is 7.51. The summed E-state index contributed by atoms with van der Waals surface area (Å²) in [6, 6.07) is -0.803. The third-order valence-corrected chi connectivity index (χ3v) is 2.27. The van der Waals surface area contributed by atoms with Crippen LogP contribution in [0.2, 0.25) is 0 Å². The highest BCUT2D eigenvalue weighted by atomic mass is 16.4. The number of carboxylic acids is 1. The summed E-state index contributed by atoms with van der Waals surface area (Å²) < 4.78 is 0. The van der Waals surface area contributed by atoms with Gasteiger partial charge in [-0.1, -0.05) is 6.92 Å². The molecule has 0 aliphatic heterocycles. The van der Waals surface area contributed by atoms with Crippen LogP contribution in [0.3, 0.4) is 0 Å². The average molecular weight is 232 g/mol. The summed E-state index contributed by atoms with van der Waals surface area (Å²) in [5.74, 6) is -1.51. The molecular formula is C10H20N2O4. The first-order valence-electron chi connectivity index (χ1n) is 5.37. The summed E-state index contributed by atoms with van der Waals surface area (Å²) in [5.41, 5.74) is 0. The van der Waals surface area contributed by atoms with Crippen LogP contribution in [-0.2, 0) is 9.59 Å². The molecule has 6 nitrogen and oxygen atoms in total. The molecule has 0 aliphatic rings. The van der Waals surface area contributed by atoms with E-state index in [0.717, 1.165) is 6.42 Å². The number of hydrogen-bond acceptors (Lipinski definition) is 4. The van der Waals surface area contributed by atoms with Crippen molar-refractivity contribution in [3.05, 3.63) is 0 Å². The number of hydrogen-bond donors (Lipinski definition) is 4. The van der Waals surface area contributed by atoms with Crippen LogP contribution in [-0.4, -0.2) is 47.3 Å². The van der Waals surface area contributed by atoms with Gasteiger partial charge in [0.05, 0.1) is 6.54 Å². The van der Waals surface area contributed by atoms with Gasteiger partial charge in [-0.2, -0.15) is 0 Å². The molecule has 2 unspecified atom stereocenters. The van der Waals surface area contributed by atoms with E-state index in [-0.39, 0.29) is 31.5 Å². The van der Waals surface area contributed by atoms with Crippen LogP contribution in [0.5, 0.6) is 0 Å². The van der Waals surface area contributed by atoms with E-state index in [0.29, 0.717) is 0 Å². The minimum Gasteiger partial charge on any atom is -0.480 e. The van der Waals surface area contributed by atoms with Crippen molar-refractivity contribution in [3.8, 4) is 0 Å². The van der Waals surface area contributed by atoms with Crippen molar-refractivity contribution in [2.75, 3.05) is 13.2 Å². The largest absolute Gasteiger partial charge is 0.480 e. The molecule has 0 aromatic carbocycles. The van der Waals surface area contributed by atoms with Gasteiger partial charge in [0.25, 0.3) is 0 Å². The number of aliphatic hydroxyl groups is 1. The van der Waals surface area contributed by atoms with Gasteiger partial charge in [-0.3, -0.25) is 4.79 Å². The molecule has 6 heteroatoms. The molecule has 0 heterocycles.